The van der Waals surface area contributed by atoms with Gasteiger partial charge in [0.15, 0.2) is 5.82 Å². The highest BCUT2D eigenvalue weighted by atomic mass is 16.5. The Kier molecular flexibility index (Phi) is 2.78. The number of hydrogen-bond acceptors (Lipinski definition) is 4. The maximum absolute atomic E-state index is 6.38. The average molecular weight is 223 g/mol. The first-order valence-corrected chi connectivity index (χ1v) is 6.07. The molecule has 1 aromatic rings. The van der Waals surface area contributed by atoms with Crippen molar-refractivity contribution in [2.75, 3.05) is 0 Å². The first-order chi connectivity index (χ1) is 7.45. The van der Waals surface area contributed by atoms with Crippen LogP contribution in [0.1, 0.15) is 58.2 Å². The third-order valence-corrected chi connectivity index (χ3v) is 3.71. The fourth-order valence-corrected chi connectivity index (χ4v) is 2.20. The molecule has 1 aliphatic carbocycles. The second kappa shape index (κ2) is 3.84. The van der Waals surface area contributed by atoms with E-state index in [0.29, 0.717) is 17.1 Å². The summed E-state index contributed by atoms with van der Waals surface area (Å²) in [6.45, 7) is 6.59. The van der Waals surface area contributed by atoms with E-state index in [1.54, 1.807) is 0 Å². The van der Waals surface area contributed by atoms with Crippen molar-refractivity contribution in [3.63, 3.8) is 0 Å². The average Bonchev–Trinajstić information content (AvgIpc) is 2.72. The molecule has 2 rings (SSSR count). The van der Waals surface area contributed by atoms with Crippen LogP contribution in [0.3, 0.4) is 0 Å². The molecule has 1 aliphatic rings. The standard InChI is InChI=1S/C12H21N3O/c1-4-9-14-10(15-16-9)12(13)7-5-11(2,3)6-8-12/h4-8,13H2,1-3H3. The first-order valence-electron chi connectivity index (χ1n) is 6.07. The van der Waals surface area contributed by atoms with Crippen molar-refractivity contribution in [1.82, 2.24) is 10.1 Å². The highest BCUT2D eigenvalue weighted by Crippen LogP contribution is 2.42. The zero-order valence-corrected chi connectivity index (χ0v) is 10.4. The Morgan fingerprint density at radius 3 is 2.38 bits per heavy atom. The summed E-state index contributed by atoms with van der Waals surface area (Å²) in [4.78, 5) is 4.37. The van der Waals surface area contributed by atoms with Crippen LogP contribution in [0.25, 0.3) is 0 Å². The van der Waals surface area contributed by atoms with Crippen molar-refractivity contribution in [2.45, 2.75) is 58.4 Å². The van der Waals surface area contributed by atoms with Crippen LogP contribution in [0.15, 0.2) is 4.52 Å². The molecule has 2 N–H and O–H groups in total. The first kappa shape index (κ1) is 11.6. The Balaban J connectivity index is 2.14. The molecule has 4 nitrogen and oxygen atoms in total. The van der Waals surface area contributed by atoms with Gasteiger partial charge in [-0.3, -0.25) is 0 Å². The summed E-state index contributed by atoms with van der Waals surface area (Å²) in [5.41, 5.74) is 6.42. The van der Waals surface area contributed by atoms with E-state index in [1.807, 2.05) is 6.92 Å². The molecule has 1 fully saturated rings. The molecular formula is C12H21N3O. The van der Waals surface area contributed by atoms with Gasteiger partial charge in [-0.05, 0) is 31.1 Å². The van der Waals surface area contributed by atoms with Crippen LogP contribution < -0.4 is 5.73 Å². The lowest BCUT2D eigenvalue weighted by molar-refractivity contribution is 0.156. The number of nitrogens with zero attached hydrogens (tertiary/aromatic N) is 2. The number of nitrogens with two attached hydrogens (primary N) is 1. The highest BCUT2D eigenvalue weighted by Gasteiger charge is 2.39. The smallest absolute Gasteiger partial charge is 0.226 e. The Bertz CT molecular complexity index is 360. The van der Waals surface area contributed by atoms with Gasteiger partial charge in [0.05, 0.1) is 5.54 Å². The Labute approximate surface area is 96.6 Å². The summed E-state index contributed by atoms with van der Waals surface area (Å²) < 4.78 is 5.14. The lowest BCUT2D eigenvalue weighted by Gasteiger charge is -2.39. The molecule has 0 saturated heterocycles. The second-order valence-electron chi connectivity index (χ2n) is 5.69. The third kappa shape index (κ3) is 2.12. The summed E-state index contributed by atoms with van der Waals surface area (Å²) in [6.07, 6.45) is 4.92. The Hall–Kier alpha value is -0.900. The van der Waals surface area contributed by atoms with Gasteiger partial charge in [-0.1, -0.05) is 25.9 Å². The lowest BCUT2D eigenvalue weighted by Crippen LogP contribution is -2.43. The number of aromatic nitrogens is 2. The van der Waals surface area contributed by atoms with Gasteiger partial charge in [0, 0.05) is 6.42 Å². The van der Waals surface area contributed by atoms with Crippen molar-refractivity contribution in [3.05, 3.63) is 11.7 Å². The van der Waals surface area contributed by atoms with Crippen molar-refractivity contribution in [1.29, 1.82) is 0 Å². The fraction of sp³-hybridized carbons (Fsp3) is 0.833. The summed E-state index contributed by atoms with van der Waals surface area (Å²) in [6, 6.07) is 0. The summed E-state index contributed by atoms with van der Waals surface area (Å²) in [5.74, 6) is 1.38. The summed E-state index contributed by atoms with van der Waals surface area (Å²) in [5, 5.41) is 4.02. The Morgan fingerprint density at radius 2 is 1.88 bits per heavy atom. The van der Waals surface area contributed by atoms with E-state index >= 15 is 0 Å². The number of rotatable bonds is 2. The van der Waals surface area contributed by atoms with E-state index in [9.17, 15) is 0 Å². The van der Waals surface area contributed by atoms with Gasteiger partial charge in [0.2, 0.25) is 5.89 Å². The van der Waals surface area contributed by atoms with Crippen molar-refractivity contribution in [2.24, 2.45) is 11.1 Å². The van der Waals surface area contributed by atoms with Crippen molar-refractivity contribution < 1.29 is 4.52 Å². The summed E-state index contributed by atoms with van der Waals surface area (Å²) >= 11 is 0. The molecule has 1 aromatic heterocycles. The molecule has 0 amide bonds. The van der Waals surface area contributed by atoms with Crippen LogP contribution in [0.2, 0.25) is 0 Å². The molecule has 0 unspecified atom stereocenters. The maximum Gasteiger partial charge on any atom is 0.226 e. The molecule has 16 heavy (non-hydrogen) atoms. The molecule has 0 aliphatic heterocycles. The SMILES string of the molecule is CCc1nc(C2(N)CCC(C)(C)CC2)no1. The molecule has 4 heteroatoms. The van der Waals surface area contributed by atoms with Gasteiger partial charge in [0.25, 0.3) is 0 Å². The molecule has 1 saturated carbocycles. The summed E-state index contributed by atoms with van der Waals surface area (Å²) in [7, 11) is 0. The predicted molar refractivity (Wildman–Crippen MR) is 61.8 cm³/mol. The molecule has 0 bridgehead atoms. The van der Waals surface area contributed by atoms with Crippen LogP contribution in [-0.4, -0.2) is 10.1 Å². The monoisotopic (exact) mass is 223 g/mol. The van der Waals surface area contributed by atoms with E-state index in [-0.39, 0.29) is 5.54 Å². The highest BCUT2D eigenvalue weighted by molar-refractivity contribution is 5.07. The van der Waals surface area contributed by atoms with Gasteiger partial charge < -0.3 is 10.3 Å². The number of hydrogen-bond donors (Lipinski definition) is 1. The molecule has 0 aromatic carbocycles. The predicted octanol–water partition coefficient (Wildman–Crippen LogP) is 2.39. The normalized spacial score (nSPS) is 23.2. The molecule has 0 radical (unpaired) electrons. The second-order valence-corrected chi connectivity index (χ2v) is 5.69. The largest absolute Gasteiger partial charge is 0.339 e. The van der Waals surface area contributed by atoms with E-state index in [1.165, 1.54) is 0 Å². The van der Waals surface area contributed by atoms with Gasteiger partial charge in [-0.25, -0.2) is 0 Å². The fourth-order valence-electron chi connectivity index (χ4n) is 2.20. The topological polar surface area (TPSA) is 64.9 Å². The molecular weight excluding hydrogens is 202 g/mol. The van der Waals surface area contributed by atoms with Crippen LogP contribution in [0.4, 0.5) is 0 Å². The van der Waals surface area contributed by atoms with Crippen LogP contribution in [0, 0.1) is 5.41 Å². The minimum atomic E-state index is -0.369. The lowest BCUT2D eigenvalue weighted by atomic mass is 9.69. The van der Waals surface area contributed by atoms with E-state index in [2.05, 4.69) is 24.0 Å². The molecule has 0 spiro atoms. The molecule has 0 atom stereocenters. The van der Waals surface area contributed by atoms with E-state index < -0.39 is 0 Å². The zero-order valence-electron chi connectivity index (χ0n) is 10.4. The minimum Gasteiger partial charge on any atom is -0.339 e. The van der Waals surface area contributed by atoms with E-state index in [4.69, 9.17) is 10.3 Å². The Morgan fingerprint density at radius 1 is 1.25 bits per heavy atom. The van der Waals surface area contributed by atoms with Crippen LogP contribution in [0.5, 0.6) is 0 Å². The third-order valence-electron chi connectivity index (χ3n) is 3.71. The van der Waals surface area contributed by atoms with Crippen LogP contribution >= 0.6 is 0 Å². The molecule has 90 valence electrons. The van der Waals surface area contributed by atoms with Crippen LogP contribution in [-0.2, 0) is 12.0 Å². The van der Waals surface area contributed by atoms with Crippen molar-refractivity contribution in [3.8, 4) is 0 Å². The zero-order chi connectivity index (χ0) is 11.8. The van der Waals surface area contributed by atoms with Gasteiger partial charge in [-0.2, -0.15) is 4.98 Å². The van der Waals surface area contributed by atoms with E-state index in [0.717, 1.165) is 32.1 Å². The quantitative estimate of drug-likeness (QED) is 0.836. The van der Waals surface area contributed by atoms with Gasteiger partial charge in [-0.15, -0.1) is 0 Å². The van der Waals surface area contributed by atoms with Gasteiger partial charge >= 0.3 is 0 Å². The van der Waals surface area contributed by atoms with Gasteiger partial charge in [0.1, 0.15) is 0 Å². The molecule has 1 heterocycles. The van der Waals surface area contributed by atoms with Crippen molar-refractivity contribution >= 4 is 0 Å². The maximum atomic E-state index is 6.38. The minimum absolute atomic E-state index is 0.369. The number of aryl methyl sites for hydroxylation is 1.